The molecular weight excluding hydrogens is 368 g/mol. The van der Waals surface area contributed by atoms with Crippen LogP contribution in [0.2, 0.25) is 0 Å². The number of ether oxygens (including phenoxy) is 2. The Kier molecular flexibility index (Phi) is 7.17. The van der Waals surface area contributed by atoms with Gasteiger partial charge in [-0.1, -0.05) is 0 Å². The molecule has 0 unspecified atom stereocenters. The quantitative estimate of drug-likeness (QED) is 0.663. The Morgan fingerprint density at radius 2 is 1.86 bits per heavy atom. The molecule has 3 rings (SSSR count). The van der Waals surface area contributed by atoms with Crippen LogP contribution in [-0.2, 0) is 9.53 Å². The van der Waals surface area contributed by atoms with E-state index in [-0.39, 0.29) is 11.8 Å². The Morgan fingerprint density at radius 3 is 2.52 bits per heavy atom. The van der Waals surface area contributed by atoms with E-state index in [1.54, 1.807) is 13.4 Å². The first-order chi connectivity index (χ1) is 14.0. The molecule has 1 saturated carbocycles. The SMILES string of the molecule is COCCN(C)CCOc1ccc(NC(=O)C2CC2)cc1-c1c(C)ncnc1C. The smallest absolute Gasteiger partial charge is 0.227 e. The number of likely N-dealkylation sites (N-methyl/N-ethyl adjacent to an activating group) is 1. The van der Waals surface area contributed by atoms with E-state index < -0.39 is 0 Å². The molecular formula is C22H30N4O3. The van der Waals surface area contributed by atoms with Gasteiger partial charge in [0.25, 0.3) is 0 Å². The molecule has 1 aliphatic carbocycles. The number of hydrogen-bond acceptors (Lipinski definition) is 6. The van der Waals surface area contributed by atoms with Crippen molar-refractivity contribution >= 4 is 11.6 Å². The molecule has 1 fully saturated rings. The molecule has 0 atom stereocenters. The van der Waals surface area contributed by atoms with Gasteiger partial charge in [0.1, 0.15) is 18.7 Å². The fourth-order valence-corrected chi connectivity index (χ4v) is 3.17. The standard InChI is InChI=1S/C22H30N4O3/c1-15-21(16(2)24-14-23-15)19-13-18(25-22(27)17-5-6-17)7-8-20(19)29-12-10-26(3)9-11-28-4/h7-8,13-14,17H,5-6,9-12H2,1-4H3,(H,25,27). The third-order valence-corrected chi connectivity index (χ3v) is 5.10. The van der Waals surface area contributed by atoms with Gasteiger partial charge >= 0.3 is 0 Å². The maximum atomic E-state index is 12.2. The van der Waals surface area contributed by atoms with Crippen molar-refractivity contribution in [2.45, 2.75) is 26.7 Å². The summed E-state index contributed by atoms with van der Waals surface area (Å²) in [4.78, 5) is 23.1. The van der Waals surface area contributed by atoms with Crippen LogP contribution in [0.25, 0.3) is 11.1 Å². The highest BCUT2D eigenvalue weighted by atomic mass is 16.5. The first-order valence-corrected chi connectivity index (χ1v) is 10.0. The number of rotatable bonds is 10. The van der Waals surface area contributed by atoms with Crippen LogP contribution in [0.1, 0.15) is 24.2 Å². The number of hydrogen-bond donors (Lipinski definition) is 1. The van der Waals surface area contributed by atoms with Crippen molar-refractivity contribution < 1.29 is 14.3 Å². The summed E-state index contributed by atoms with van der Waals surface area (Å²) < 4.78 is 11.2. The second-order valence-electron chi connectivity index (χ2n) is 7.54. The second kappa shape index (κ2) is 9.80. The number of benzene rings is 1. The van der Waals surface area contributed by atoms with E-state index in [0.29, 0.717) is 13.2 Å². The molecule has 0 saturated heterocycles. The fourth-order valence-electron chi connectivity index (χ4n) is 3.17. The zero-order chi connectivity index (χ0) is 20.8. The lowest BCUT2D eigenvalue weighted by molar-refractivity contribution is -0.117. The predicted octanol–water partition coefficient (Wildman–Crippen LogP) is 3.07. The number of methoxy groups -OCH3 is 1. The molecule has 1 aliphatic rings. The zero-order valence-corrected chi connectivity index (χ0v) is 17.7. The molecule has 1 aromatic heterocycles. The summed E-state index contributed by atoms with van der Waals surface area (Å²) in [5.41, 5.74) is 4.37. The Morgan fingerprint density at radius 1 is 1.17 bits per heavy atom. The highest BCUT2D eigenvalue weighted by molar-refractivity contribution is 5.95. The van der Waals surface area contributed by atoms with Crippen LogP contribution in [0.3, 0.4) is 0 Å². The van der Waals surface area contributed by atoms with Gasteiger partial charge in [-0.2, -0.15) is 0 Å². The molecule has 156 valence electrons. The van der Waals surface area contributed by atoms with Crippen LogP contribution < -0.4 is 10.1 Å². The predicted molar refractivity (Wildman–Crippen MR) is 113 cm³/mol. The first-order valence-electron chi connectivity index (χ1n) is 10.0. The molecule has 0 spiro atoms. The zero-order valence-electron chi connectivity index (χ0n) is 17.7. The Balaban J connectivity index is 1.81. The van der Waals surface area contributed by atoms with Gasteiger partial charge < -0.3 is 19.7 Å². The van der Waals surface area contributed by atoms with E-state index in [9.17, 15) is 4.79 Å². The lowest BCUT2D eigenvalue weighted by Crippen LogP contribution is -2.27. The highest BCUT2D eigenvalue weighted by Gasteiger charge is 2.29. The van der Waals surface area contributed by atoms with Gasteiger partial charge in [-0.05, 0) is 51.9 Å². The van der Waals surface area contributed by atoms with Gasteiger partial charge in [-0.3, -0.25) is 4.79 Å². The summed E-state index contributed by atoms with van der Waals surface area (Å²) in [5.74, 6) is 0.998. The second-order valence-corrected chi connectivity index (χ2v) is 7.54. The molecule has 7 heteroatoms. The molecule has 1 amide bonds. The number of aryl methyl sites for hydroxylation is 2. The van der Waals surface area contributed by atoms with E-state index in [0.717, 1.165) is 59.9 Å². The van der Waals surface area contributed by atoms with Crippen LogP contribution in [0.5, 0.6) is 5.75 Å². The number of anilines is 1. The Hall–Kier alpha value is -2.51. The van der Waals surface area contributed by atoms with Crippen molar-refractivity contribution in [3.63, 3.8) is 0 Å². The summed E-state index contributed by atoms with van der Waals surface area (Å²) >= 11 is 0. The maximum Gasteiger partial charge on any atom is 0.227 e. The summed E-state index contributed by atoms with van der Waals surface area (Å²) in [7, 11) is 3.74. The van der Waals surface area contributed by atoms with Crippen molar-refractivity contribution in [3.05, 3.63) is 35.9 Å². The third-order valence-electron chi connectivity index (χ3n) is 5.10. The summed E-state index contributed by atoms with van der Waals surface area (Å²) in [6.45, 7) is 6.79. The summed E-state index contributed by atoms with van der Waals surface area (Å²) in [6.07, 6.45) is 3.51. The maximum absolute atomic E-state index is 12.2. The largest absolute Gasteiger partial charge is 0.492 e. The van der Waals surface area contributed by atoms with Gasteiger partial charge in [0.05, 0.1) is 6.61 Å². The van der Waals surface area contributed by atoms with Gasteiger partial charge in [0, 0.05) is 54.3 Å². The molecule has 0 bridgehead atoms. The van der Waals surface area contributed by atoms with Crippen molar-refractivity contribution in [1.82, 2.24) is 14.9 Å². The molecule has 1 heterocycles. The van der Waals surface area contributed by atoms with Crippen LogP contribution in [0.15, 0.2) is 24.5 Å². The van der Waals surface area contributed by atoms with Gasteiger partial charge in [0.2, 0.25) is 5.91 Å². The van der Waals surface area contributed by atoms with Crippen molar-refractivity contribution in [1.29, 1.82) is 0 Å². The molecule has 7 nitrogen and oxygen atoms in total. The lowest BCUT2D eigenvalue weighted by Gasteiger charge is -2.19. The summed E-state index contributed by atoms with van der Waals surface area (Å²) in [6, 6.07) is 5.77. The van der Waals surface area contributed by atoms with E-state index in [1.807, 2.05) is 39.1 Å². The number of nitrogens with one attached hydrogen (secondary N) is 1. The minimum atomic E-state index is 0.0853. The van der Waals surface area contributed by atoms with Crippen LogP contribution >= 0.6 is 0 Å². The topological polar surface area (TPSA) is 76.6 Å². The number of amides is 1. The Bertz CT molecular complexity index is 832. The van der Waals surface area contributed by atoms with Gasteiger partial charge in [-0.15, -0.1) is 0 Å². The van der Waals surface area contributed by atoms with Crippen molar-refractivity contribution in [2.75, 3.05) is 45.8 Å². The number of aromatic nitrogens is 2. The normalized spacial score (nSPS) is 13.6. The summed E-state index contributed by atoms with van der Waals surface area (Å²) in [5, 5.41) is 3.02. The minimum absolute atomic E-state index is 0.0853. The minimum Gasteiger partial charge on any atom is -0.492 e. The van der Waals surface area contributed by atoms with Crippen LogP contribution in [0, 0.1) is 19.8 Å². The molecule has 0 aliphatic heterocycles. The first kappa shape index (κ1) is 21.2. The molecule has 1 N–H and O–H groups in total. The fraction of sp³-hybridized carbons (Fsp3) is 0.500. The van der Waals surface area contributed by atoms with Gasteiger partial charge in [0.15, 0.2) is 0 Å². The average molecular weight is 399 g/mol. The van der Waals surface area contributed by atoms with Crippen molar-refractivity contribution in [2.24, 2.45) is 5.92 Å². The van der Waals surface area contributed by atoms with E-state index in [1.165, 1.54) is 0 Å². The van der Waals surface area contributed by atoms with Crippen molar-refractivity contribution in [3.8, 4) is 16.9 Å². The lowest BCUT2D eigenvalue weighted by atomic mass is 10.0. The van der Waals surface area contributed by atoms with Gasteiger partial charge in [-0.25, -0.2) is 9.97 Å². The van der Waals surface area contributed by atoms with E-state index in [4.69, 9.17) is 9.47 Å². The molecule has 2 aromatic rings. The third kappa shape index (κ3) is 5.74. The Labute approximate surface area is 172 Å². The number of carbonyl (C=O) groups is 1. The van der Waals surface area contributed by atoms with E-state index >= 15 is 0 Å². The monoisotopic (exact) mass is 398 g/mol. The van der Waals surface area contributed by atoms with E-state index in [2.05, 4.69) is 20.2 Å². The average Bonchev–Trinajstić information content (AvgIpc) is 3.53. The molecule has 29 heavy (non-hydrogen) atoms. The molecule has 0 radical (unpaired) electrons. The number of carbonyl (C=O) groups excluding carboxylic acids is 1. The van der Waals surface area contributed by atoms with Crippen LogP contribution in [-0.4, -0.2) is 61.2 Å². The number of nitrogens with zero attached hydrogens (tertiary/aromatic N) is 3. The molecule has 1 aromatic carbocycles. The van der Waals surface area contributed by atoms with Crippen LogP contribution in [0.4, 0.5) is 5.69 Å². The highest BCUT2D eigenvalue weighted by Crippen LogP contribution is 2.36.